The lowest BCUT2D eigenvalue weighted by molar-refractivity contribution is 0.0693. The Morgan fingerprint density at radius 3 is 2.46 bits per heavy atom. The molecule has 0 N–H and O–H groups in total. The van der Waals surface area contributed by atoms with Gasteiger partial charge in [-0.05, 0) is 42.2 Å². The molecule has 0 atom stereocenters. The fourth-order valence-corrected chi connectivity index (χ4v) is 3.99. The number of hydrogen-bond donors (Lipinski definition) is 0. The van der Waals surface area contributed by atoms with Crippen molar-refractivity contribution >= 4 is 17.2 Å². The van der Waals surface area contributed by atoms with Gasteiger partial charge in [-0.25, -0.2) is 0 Å². The van der Waals surface area contributed by atoms with Crippen molar-refractivity contribution in [1.29, 1.82) is 0 Å². The summed E-state index contributed by atoms with van der Waals surface area (Å²) >= 11 is 1.53. The normalized spacial score (nSPS) is 16.3. The van der Waals surface area contributed by atoms with Crippen LogP contribution in [0.3, 0.4) is 0 Å². The maximum atomic E-state index is 12.5. The Morgan fingerprint density at radius 2 is 1.92 bits per heavy atom. The van der Waals surface area contributed by atoms with Gasteiger partial charge in [-0.15, -0.1) is 11.3 Å². The van der Waals surface area contributed by atoms with E-state index in [9.17, 15) is 4.79 Å². The summed E-state index contributed by atoms with van der Waals surface area (Å²) < 4.78 is 2.24. The van der Waals surface area contributed by atoms with E-state index in [0.717, 1.165) is 30.8 Å². The van der Waals surface area contributed by atoms with E-state index >= 15 is 0 Å². The molecule has 0 spiro atoms. The van der Waals surface area contributed by atoms with Crippen LogP contribution >= 0.6 is 11.3 Å². The van der Waals surface area contributed by atoms with E-state index in [-0.39, 0.29) is 5.91 Å². The molecule has 3 heterocycles. The number of piperidine rings is 1. The number of hydrogen-bond acceptors (Lipinski definition) is 3. The number of thiophene rings is 1. The molecule has 4 nitrogen and oxygen atoms in total. The fraction of sp³-hybridized carbons (Fsp3) is 0.579. The van der Waals surface area contributed by atoms with E-state index in [4.69, 9.17) is 5.10 Å². The second kappa shape index (κ2) is 7.09. The van der Waals surface area contributed by atoms with Crippen LogP contribution in [0.25, 0.3) is 0 Å². The monoisotopic (exact) mass is 345 g/mol. The molecule has 1 fully saturated rings. The van der Waals surface area contributed by atoms with Crippen LogP contribution in [0.2, 0.25) is 0 Å². The molecule has 2 aromatic rings. The van der Waals surface area contributed by atoms with Gasteiger partial charge in [-0.1, -0.05) is 33.8 Å². The fourth-order valence-electron chi connectivity index (χ4n) is 3.30. The summed E-state index contributed by atoms with van der Waals surface area (Å²) in [7, 11) is 0. The second-order valence-electron chi connectivity index (χ2n) is 7.25. The van der Waals surface area contributed by atoms with E-state index in [1.54, 1.807) is 0 Å². The third-order valence-electron chi connectivity index (χ3n) is 4.80. The molecule has 3 rings (SSSR count). The van der Waals surface area contributed by atoms with Gasteiger partial charge in [0.2, 0.25) is 0 Å². The van der Waals surface area contributed by atoms with Crippen molar-refractivity contribution in [2.45, 2.75) is 58.4 Å². The maximum absolute atomic E-state index is 12.5. The van der Waals surface area contributed by atoms with Gasteiger partial charge in [0.15, 0.2) is 0 Å². The lowest BCUT2D eigenvalue weighted by Crippen LogP contribution is -2.39. The largest absolute Gasteiger partial charge is 0.338 e. The molecule has 1 amide bonds. The first-order valence-electron chi connectivity index (χ1n) is 8.89. The molecule has 0 radical (unpaired) electrons. The number of amides is 1. The summed E-state index contributed by atoms with van der Waals surface area (Å²) in [5, 5.41) is 6.85. The highest BCUT2D eigenvalue weighted by atomic mass is 32.1. The van der Waals surface area contributed by atoms with Gasteiger partial charge in [0.25, 0.3) is 5.91 Å². The first kappa shape index (κ1) is 17.2. The zero-order chi connectivity index (χ0) is 17.3. The topological polar surface area (TPSA) is 38.1 Å². The van der Waals surface area contributed by atoms with Crippen LogP contribution in [0.4, 0.5) is 0 Å². The quantitative estimate of drug-likeness (QED) is 0.808. The molecule has 1 aliphatic rings. The molecule has 2 aromatic heterocycles. The van der Waals surface area contributed by atoms with Crippen molar-refractivity contribution in [3.8, 4) is 0 Å². The number of carbonyl (C=O) groups excluding carboxylic acids is 1. The molecule has 0 aromatic carbocycles. The van der Waals surface area contributed by atoms with Gasteiger partial charge in [0.1, 0.15) is 0 Å². The Labute approximate surface area is 148 Å². The Bertz CT molecular complexity index is 680. The van der Waals surface area contributed by atoms with Crippen LogP contribution in [-0.4, -0.2) is 33.7 Å². The summed E-state index contributed by atoms with van der Waals surface area (Å²) in [6.07, 6.45) is 1.96. The third kappa shape index (κ3) is 3.41. The van der Waals surface area contributed by atoms with Crippen molar-refractivity contribution in [3.63, 3.8) is 0 Å². The molecule has 0 saturated carbocycles. The van der Waals surface area contributed by atoms with Gasteiger partial charge in [-0.2, -0.15) is 5.10 Å². The molecule has 1 aliphatic heterocycles. The standard InChI is InChI=1S/C19H27N3OS/c1-13(2)16-12-17(14(3)4)22(20-16)15-7-9-21(10-8-15)19(23)18-6-5-11-24-18/h5-6,11-15H,7-10H2,1-4H3. The van der Waals surface area contributed by atoms with E-state index < -0.39 is 0 Å². The molecule has 24 heavy (non-hydrogen) atoms. The predicted molar refractivity (Wildman–Crippen MR) is 98.9 cm³/mol. The van der Waals surface area contributed by atoms with Gasteiger partial charge in [-0.3, -0.25) is 9.48 Å². The lowest BCUT2D eigenvalue weighted by atomic mass is 10.0. The molecular weight excluding hydrogens is 318 g/mol. The predicted octanol–water partition coefficient (Wildman–Crippen LogP) is 4.67. The van der Waals surface area contributed by atoms with Gasteiger partial charge in [0.05, 0.1) is 16.6 Å². The van der Waals surface area contributed by atoms with Crippen molar-refractivity contribution in [1.82, 2.24) is 14.7 Å². The minimum atomic E-state index is 0.177. The van der Waals surface area contributed by atoms with Crippen molar-refractivity contribution in [2.24, 2.45) is 0 Å². The van der Waals surface area contributed by atoms with Crippen LogP contribution in [-0.2, 0) is 0 Å². The number of aromatic nitrogens is 2. The Morgan fingerprint density at radius 1 is 1.21 bits per heavy atom. The molecular formula is C19H27N3OS. The minimum absolute atomic E-state index is 0.177. The second-order valence-corrected chi connectivity index (χ2v) is 8.20. The average Bonchev–Trinajstić information content (AvgIpc) is 3.24. The molecule has 0 aliphatic carbocycles. The van der Waals surface area contributed by atoms with E-state index in [0.29, 0.717) is 17.9 Å². The summed E-state index contributed by atoms with van der Waals surface area (Å²) in [5.41, 5.74) is 2.50. The van der Waals surface area contributed by atoms with E-state index in [2.05, 4.69) is 38.4 Å². The molecule has 130 valence electrons. The highest BCUT2D eigenvalue weighted by Crippen LogP contribution is 2.30. The van der Waals surface area contributed by atoms with Crippen molar-refractivity contribution in [2.75, 3.05) is 13.1 Å². The summed E-state index contributed by atoms with van der Waals surface area (Å²) in [6.45, 7) is 10.5. The smallest absolute Gasteiger partial charge is 0.263 e. The lowest BCUT2D eigenvalue weighted by Gasteiger charge is -2.33. The molecule has 0 unspecified atom stereocenters. The van der Waals surface area contributed by atoms with Gasteiger partial charge in [0, 0.05) is 18.8 Å². The molecule has 0 bridgehead atoms. The van der Waals surface area contributed by atoms with Crippen molar-refractivity contribution in [3.05, 3.63) is 39.8 Å². The number of nitrogens with zero attached hydrogens (tertiary/aromatic N) is 3. The average molecular weight is 346 g/mol. The van der Waals surface area contributed by atoms with Gasteiger partial charge < -0.3 is 4.90 Å². The van der Waals surface area contributed by atoms with Crippen LogP contribution < -0.4 is 0 Å². The van der Waals surface area contributed by atoms with E-state index in [1.807, 2.05) is 22.4 Å². The van der Waals surface area contributed by atoms with Crippen LogP contribution in [0.1, 0.15) is 79.5 Å². The van der Waals surface area contributed by atoms with Crippen LogP contribution in [0, 0.1) is 0 Å². The highest BCUT2D eigenvalue weighted by molar-refractivity contribution is 7.12. The Kier molecular flexibility index (Phi) is 5.09. The summed E-state index contributed by atoms with van der Waals surface area (Å²) in [4.78, 5) is 15.3. The Balaban J connectivity index is 1.71. The minimum Gasteiger partial charge on any atom is -0.338 e. The first-order chi connectivity index (χ1) is 11.5. The Hall–Kier alpha value is -1.62. The SMILES string of the molecule is CC(C)c1cc(C(C)C)n(C2CCN(C(=O)c3cccs3)CC2)n1. The third-order valence-corrected chi connectivity index (χ3v) is 5.65. The zero-order valence-electron chi connectivity index (χ0n) is 15.0. The maximum Gasteiger partial charge on any atom is 0.263 e. The zero-order valence-corrected chi connectivity index (χ0v) is 15.8. The number of likely N-dealkylation sites (tertiary alicyclic amines) is 1. The highest BCUT2D eigenvalue weighted by Gasteiger charge is 2.27. The number of carbonyl (C=O) groups is 1. The molecule has 1 saturated heterocycles. The van der Waals surface area contributed by atoms with Crippen LogP contribution in [0.15, 0.2) is 23.6 Å². The van der Waals surface area contributed by atoms with E-state index in [1.165, 1.54) is 22.7 Å². The molecule has 5 heteroatoms. The number of rotatable bonds is 4. The van der Waals surface area contributed by atoms with Gasteiger partial charge >= 0.3 is 0 Å². The van der Waals surface area contributed by atoms with Crippen LogP contribution in [0.5, 0.6) is 0 Å². The van der Waals surface area contributed by atoms with Crippen molar-refractivity contribution < 1.29 is 4.79 Å². The summed E-state index contributed by atoms with van der Waals surface area (Å²) in [6, 6.07) is 6.52. The summed E-state index contributed by atoms with van der Waals surface area (Å²) in [5.74, 6) is 1.09. The first-order valence-corrected chi connectivity index (χ1v) is 9.77.